The summed E-state index contributed by atoms with van der Waals surface area (Å²) in [5.41, 5.74) is 3.51. The Hall–Kier alpha value is -0.620. The van der Waals surface area contributed by atoms with Crippen molar-refractivity contribution in [3.05, 3.63) is 35.2 Å². The van der Waals surface area contributed by atoms with Crippen LogP contribution in [0.5, 0.6) is 0 Å². The molecule has 2 rings (SSSR count). The molecule has 0 amide bonds. The van der Waals surface area contributed by atoms with Crippen molar-refractivity contribution in [1.82, 2.24) is 4.98 Å². The Kier molecular flexibility index (Phi) is 3.25. The minimum atomic E-state index is 1.03. The fourth-order valence-electron chi connectivity index (χ4n) is 1.26. The number of hydrogen-bond acceptors (Lipinski definition) is 3. The SMILES string of the molecule is Cc1ccc(-c2csc(N(C)I)n2)cc1. The predicted octanol–water partition coefficient (Wildman–Crippen LogP) is 3.90. The summed E-state index contributed by atoms with van der Waals surface area (Å²) >= 11 is 3.89. The molecule has 2 aromatic rings. The van der Waals surface area contributed by atoms with Crippen molar-refractivity contribution in [2.45, 2.75) is 6.92 Å². The van der Waals surface area contributed by atoms with Crippen LogP contribution in [0.25, 0.3) is 11.3 Å². The van der Waals surface area contributed by atoms with E-state index in [0.29, 0.717) is 0 Å². The van der Waals surface area contributed by atoms with Crippen LogP contribution in [0.1, 0.15) is 5.56 Å². The van der Waals surface area contributed by atoms with E-state index in [0.717, 1.165) is 10.8 Å². The van der Waals surface area contributed by atoms with Crippen LogP contribution in [0.2, 0.25) is 0 Å². The van der Waals surface area contributed by atoms with Crippen molar-refractivity contribution >= 4 is 39.3 Å². The Morgan fingerprint density at radius 1 is 1.27 bits per heavy atom. The minimum Gasteiger partial charge on any atom is -0.294 e. The van der Waals surface area contributed by atoms with Gasteiger partial charge in [-0.05, 0) is 6.92 Å². The summed E-state index contributed by atoms with van der Waals surface area (Å²) < 4.78 is 2.00. The lowest BCUT2D eigenvalue weighted by molar-refractivity contribution is 1.31. The van der Waals surface area contributed by atoms with E-state index >= 15 is 0 Å². The van der Waals surface area contributed by atoms with Crippen LogP contribution in [-0.4, -0.2) is 12.0 Å². The Balaban J connectivity index is 2.33. The van der Waals surface area contributed by atoms with Gasteiger partial charge in [0, 0.05) is 18.0 Å². The van der Waals surface area contributed by atoms with Crippen LogP contribution in [0.15, 0.2) is 29.6 Å². The largest absolute Gasteiger partial charge is 0.294 e. The van der Waals surface area contributed by atoms with Crippen LogP contribution in [0, 0.1) is 6.92 Å². The minimum absolute atomic E-state index is 1.03. The third-order valence-corrected chi connectivity index (χ3v) is 3.80. The molecule has 0 saturated heterocycles. The number of benzene rings is 1. The van der Waals surface area contributed by atoms with Crippen LogP contribution in [0.4, 0.5) is 5.13 Å². The molecule has 0 N–H and O–H groups in total. The highest BCUT2D eigenvalue weighted by Crippen LogP contribution is 2.28. The molecular weight excluding hydrogens is 319 g/mol. The topological polar surface area (TPSA) is 16.1 Å². The Morgan fingerprint density at radius 2 is 1.93 bits per heavy atom. The molecule has 1 aromatic heterocycles. The first-order valence-electron chi connectivity index (χ1n) is 4.59. The third kappa shape index (κ3) is 2.49. The molecule has 0 atom stereocenters. The molecule has 0 aliphatic carbocycles. The molecule has 0 spiro atoms. The lowest BCUT2D eigenvalue weighted by atomic mass is 10.1. The van der Waals surface area contributed by atoms with Crippen molar-refractivity contribution < 1.29 is 0 Å². The van der Waals surface area contributed by atoms with E-state index in [2.05, 4.69) is 64.4 Å². The quantitative estimate of drug-likeness (QED) is 0.613. The van der Waals surface area contributed by atoms with E-state index in [-0.39, 0.29) is 0 Å². The monoisotopic (exact) mass is 330 g/mol. The molecule has 0 radical (unpaired) electrons. The van der Waals surface area contributed by atoms with Gasteiger partial charge in [0.1, 0.15) is 0 Å². The molecule has 4 heteroatoms. The number of hydrogen-bond donors (Lipinski definition) is 0. The van der Waals surface area contributed by atoms with Crippen LogP contribution in [0.3, 0.4) is 0 Å². The Bertz CT molecular complexity index is 448. The van der Waals surface area contributed by atoms with Gasteiger partial charge in [-0.1, -0.05) is 29.8 Å². The van der Waals surface area contributed by atoms with Gasteiger partial charge in [0.25, 0.3) is 0 Å². The first-order valence-corrected chi connectivity index (χ1v) is 6.43. The van der Waals surface area contributed by atoms with E-state index in [1.807, 2.05) is 10.2 Å². The van der Waals surface area contributed by atoms with Gasteiger partial charge < -0.3 is 0 Å². The van der Waals surface area contributed by atoms with Gasteiger partial charge in [-0.25, -0.2) is 4.98 Å². The van der Waals surface area contributed by atoms with Crippen molar-refractivity contribution in [2.75, 3.05) is 10.2 Å². The molecule has 0 fully saturated rings. The summed E-state index contributed by atoms with van der Waals surface area (Å²) in [6.45, 7) is 2.09. The third-order valence-electron chi connectivity index (χ3n) is 2.10. The van der Waals surface area contributed by atoms with Gasteiger partial charge in [0.15, 0.2) is 5.13 Å². The number of rotatable bonds is 2. The summed E-state index contributed by atoms with van der Waals surface area (Å²) in [5.74, 6) is 0. The molecular formula is C11H11IN2S. The summed E-state index contributed by atoms with van der Waals surface area (Å²) in [5, 5.41) is 3.13. The number of aromatic nitrogens is 1. The highest BCUT2D eigenvalue weighted by molar-refractivity contribution is 14.1. The zero-order chi connectivity index (χ0) is 10.8. The number of anilines is 1. The van der Waals surface area contributed by atoms with E-state index in [1.165, 1.54) is 11.1 Å². The molecule has 0 aliphatic rings. The van der Waals surface area contributed by atoms with Crippen molar-refractivity contribution in [2.24, 2.45) is 0 Å². The van der Waals surface area contributed by atoms with Crippen molar-refractivity contribution in [1.29, 1.82) is 0 Å². The lowest BCUT2D eigenvalue weighted by Gasteiger charge is -2.02. The maximum Gasteiger partial charge on any atom is 0.194 e. The van der Waals surface area contributed by atoms with Gasteiger partial charge in [-0.3, -0.25) is 3.11 Å². The average molecular weight is 330 g/mol. The maximum absolute atomic E-state index is 4.55. The summed E-state index contributed by atoms with van der Waals surface area (Å²) in [6.07, 6.45) is 0. The zero-order valence-electron chi connectivity index (χ0n) is 8.57. The predicted molar refractivity (Wildman–Crippen MR) is 74.7 cm³/mol. The average Bonchev–Trinajstić information content (AvgIpc) is 2.68. The molecule has 2 nitrogen and oxygen atoms in total. The smallest absolute Gasteiger partial charge is 0.194 e. The van der Waals surface area contributed by atoms with E-state index in [9.17, 15) is 0 Å². The summed E-state index contributed by atoms with van der Waals surface area (Å²) in [7, 11) is 2.00. The van der Waals surface area contributed by atoms with Gasteiger partial charge in [-0.2, -0.15) is 0 Å². The second-order valence-corrected chi connectivity index (χ2v) is 5.64. The molecule has 0 bridgehead atoms. The van der Waals surface area contributed by atoms with E-state index < -0.39 is 0 Å². The summed E-state index contributed by atoms with van der Waals surface area (Å²) in [4.78, 5) is 4.55. The number of halogens is 1. The molecule has 78 valence electrons. The number of nitrogens with zero attached hydrogens (tertiary/aromatic N) is 2. The fourth-order valence-corrected chi connectivity index (χ4v) is 2.41. The van der Waals surface area contributed by atoms with Crippen molar-refractivity contribution in [3.63, 3.8) is 0 Å². The first kappa shape index (κ1) is 10.9. The first-order chi connectivity index (χ1) is 7.16. The van der Waals surface area contributed by atoms with Crippen LogP contribution in [-0.2, 0) is 0 Å². The maximum atomic E-state index is 4.55. The second-order valence-electron chi connectivity index (χ2n) is 3.36. The summed E-state index contributed by atoms with van der Waals surface area (Å²) in [6, 6.07) is 8.45. The highest BCUT2D eigenvalue weighted by Gasteiger charge is 2.05. The fraction of sp³-hybridized carbons (Fsp3) is 0.182. The molecule has 15 heavy (non-hydrogen) atoms. The zero-order valence-corrected chi connectivity index (χ0v) is 11.5. The van der Waals surface area contributed by atoms with Gasteiger partial charge in [-0.15, -0.1) is 11.3 Å². The number of aryl methyl sites for hydroxylation is 1. The number of thiazole rings is 1. The molecule has 1 heterocycles. The normalized spacial score (nSPS) is 10.3. The van der Waals surface area contributed by atoms with Gasteiger partial charge >= 0.3 is 0 Å². The molecule has 0 unspecified atom stereocenters. The van der Waals surface area contributed by atoms with Crippen LogP contribution >= 0.6 is 34.2 Å². The molecule has 0 saturated carbocycles. The van der Waals surface area contributed by atoms with E-state index in [1.54, 1.807) is 11.3 Å². The van der Waals surface area contributed by atoms with Crippen LogP contribution < -0.4 is 3.11 Å². The van der Waals surface area contributed by atoms with E-state index in [4.69, 9.17) is 0 Å². The Labute approximate surface area is 107 Å². The molecule has 0 aliphatic heterocycles. The van der Waals surface area contributed by atoms with Crippen molar-refractivity contribution in [3.8, 4) is 11.3 Å². The standard InChI is InChI=1S/C11H11IN2S/c1-8-3-5-9(6-4-8)10-7-15-11(13-10)14(2)12/h3-7H,1-2H3. The van der Waals surface area contributed by atoms with Gasteiger partial charge in [0.05, 0.1) is 28.6 Å². The lowest BCUT2D eigenvalue weighted by Crippen LogP contribution is -1.97. The molecule has 1 aromatic carbocycles. The van der Waals surface area contributed by atoms with Gasteiger partial charge in [0.2, 0.25) is 0 Å². The highest BCUT2D eigenvalue weighted by atomic mass is 127. The Morgan fingerprint density at radius 3 is 2.47 bits per heavy atom. The second kappa shape index (κ2) is 4.49.